The van der Waals surface area contributed by atoms with Gasteiger partial charge in [0.05, 0.1) is 12.2 Å². The quantitative estimate of drug-likeness (QED) is 0.703. The van der Waals surface area contributed by atoms with Gasteiger partial charge in [-0.2, -0.15) is 10.1 Å². The van der Waals surface area contributed by atoms with Gasteiger partial charge >= 0.3 is 0 Å². The van der Waals surface area contributed by atoms with E-state index in [0.29, 0.717) is 35.0 Å². The number of fused-ring (bicyclic) bond motifs is 1. The molecule has 1 unspecified atom stereocenters. The maximum Gasteiger partial charge on any atom is 0.265 e. The Kier molecular flexibility index (Phi) is 4.13. The summed E-state index contributed by atoms with van der Waals surface area (Å²) in [4.78, 5) is 9.85. The van der Waals surface area contributed by atoms with Gasteiger partial charge in [-0.3, -0.25) is 0 Å². The minimum atomic E-state index is -2.91. The first-order chi connectivity index (χ1) is 12.8. The predicted molar refractivity (Wildman–Crippen MR) is 94.8 cm³/mol. The Balaban J connectivity index is 1.70. The second kappa shape index (κ2) is 6.37. The van der Waals surface area contributed by atoms with Crippen molar-refractivity contribution in [2.24, 2.45) is 0 Å². The number of hydrogen-bond acceptors (Lipinski definition) is 4. The molecule has 3 aromatic rings. The third kappa shape index (κ3) is 3.39. The van der Waals surface area contributed by atoms with Crippen molar-refractivity contribution in [2.75, 3.05) is 13.1 Å². The van der Waals surface area contributed by atoms with E-state index in [4.69, 9.17) is 0 Å². The van der Waals surface area contributed by atoms with E-state index in [1.165, 1.54) is 27.9 Å². The molecular weight excluding hydrogens is 355 g/mol. The molecule has 1 aliphatic heterocycles. The number of halogens is 3. The number of hydrogen-bond donors (Lipinski definition) is 0. The highest BCUT2D eigenvalue weighted by Crippen LogP contribution is 2.38. The summed E-state index contributed by atoms with van der Waals surface area (Å²) in [5.41, 5.74) is 2.18. The third-order valence-electron chi connectivity index (χ3n) is 4.77. The predicted octanol–water partition coefficient (Wildman–Crippen LogP) is 3.67. The van der Waals surface area contributed by atoms with Crippen LogP contribution in [0.1, 0.15) is 29.3 Å². The normalized spacial score (nSPS) is 19.4. The van der Waals surface area contributed by atoms with Gasteiger partial charge in [0.1, 0.15) is 12.1 Å². The van der Waals surface area contributed by atoms with Crippen molar-refractivity contribution in [2.45, 2.75) is 25.2 Å². The molecule has 0 N–H and O–H groups in total. The molecule has 1 aromatic carbocycles. The molecule has 140 valence electrons. The Bertz CT molecular complexity index is 1010. The molecule has 0 spiro atoms. The lowest BCUT2D eigenvalue weighted by molar-refractivity contribution is -0.0575. The van der Waals surface area contributed by atoms with E-state index in [1.54, 1.807) is 25.1 Å². The first-order valence-electron chi connectivity index (χ1n) is 8.57. The zero-order valence-corrected chi connectivity index (χ0v) is 14.7. The van der Waals surface area contributed by atoms with E-state index in [0.717, 1.165) is 0 Å². The zero-order valence-electron chi connectivity index (χ0n) is 14.7. The summed E-state index contributed by atoms with van der Waals surface area (Å²) in [5.74, 6) is -3.45. The van der Waals surface area contributed by atoms with Crippen LogP contribution in [0.15, 0.2) is 43.2 Å². The second-order valence-electron chi connectivity index (χ2n) is 6.89. The van der Waals surface area contributed by atoms with Gasteiger partial charge < -0.3 is 4.90 Å². The number of rotatable bonds is 3. The Morgan fingerprint density at radius 1 is 1.30 bits per heavy atom. The summed E-state index contributed by atoms with van der Waals surface area (Å²) >= 11 is 0. The monoisotopic (exact) mass is 373 g/mol. The van der Waals surface area contributed by atoms with Gasteiger partial charge in [-0.25, -0.2) is 22.7 Å². The second-order valence-corrected chi connectivity index (χ2v) is 6.89. The summed E-state index contributed by atoms with van der Waals surface area (Å²) in [5, 5.41) is 4.13. The molecule has 0 aliphatic carbocycles. The fourth-order valence-electron chi connectivity index (χ4n) is 3.60. The maximum absolute atomic E-state index is 14.6. The van der Waals surface area contributed by atoms with Crippen molar-refractivity contribution >= 4 is 11.5 Å². The topological polar surface area (TPSA) is 46.3 Å². The van der Waals surface area contributed by atoms with Gasteiger partial charge in [0, 0.05) is 35.8 Å². The third-order valence-corrected chi connectivity index (χ3v) is 4.77. The van der Waals surface area contributed by atoms with Gasteiger partial charge in [-0.1, -0.05) is 18.7 Å². The van der Waals surface area contributed by atoms with Crippen molar-refractivity contribution < 1.29 is 13.2 Å². The summed E-state index contributed by atoms with van der Waals surface area (Å²) in [6, 6.07) is 7.58. The molecule has 0 radical (unpaired) electrons. The number of piperidine rings is 1. The molecular formula is C19H18F3N5. The maximum atomic E-state index is 14.6. The molecule has 0 bridgehead atoms. The first kappa shape index (κ1) is 17.5. The van der Waals surface area contributed by atoms with Gasteiger partial charge in [-0.05, 0) is 25.1 Å². The number of alkyl halides is 2. The van der Waals surface area contributed by atoms with Crippen LogP contribution in [0.4, 0.5) is 13.2 Å². The number of aryl methyl sites for hydroxylation is 1. The molecule has 0 amide bonds. The molecule has 1 fully saturated rings. The highest BCUT2D eigenvalue weighted by atomic mass is 19.3. The van der Waals surface area contributed by atoms with Gasteiger partial charge in [0.2, 0.25) is 0 Å². The van der Waals surface area contributed by atoms with Crippen molar-refractivity contribution in [1.82, 2.24) is 24.5 Å². The summed E-state index contributed by atoms with van der Waals surface area (Å²) in [6.45, 7) is 5.59. The van der Waals surface area contributed by atoms with Crippen LogP contribution in [0.3, 0.4) is 0 Å². The number of aromatic nitrogens is 4. The largest absolute Gasteiger partial charge is 0.365 e. The van der Waals surface area contributed by atoms with Gasteiger partial charge in [0.25, 0.3) is 11.7 Å². The molecule has 4 rings (SSSR count). The van der Waals surface area contributed by atoms with Gasteiger partial charge in [0.15, 0.2) is 0 Å². The van der Waals surface area contributed by atoms with Crippen LogP contribution in [-0.4, -0.2) is 43.5 Å². The fraction of sp³-hybridized carbons (Fsp3) is 0.316. The Hall–Kier alpha value is -2.90. The van der Waals surface area contributed by atoms with Crippen LogP contribution < -0.4 is 0 Å². The lowest BCUT2D eigenvalue weighted by Gasteiger charge is -2.40. The van der Waals surface area contributed by atoms with Gasteiger partial charge in [-0.15, -0.1) is 0 Å². The molecule has 0 saturated carbocycles. The van der Waals surface area contributed by atoms with Crippen LogP contribution in [0, 0.1) is 12.7 Å². The standard InChI is InChI=1S/C19H18F3N5/c1-12-6-17(27-18(25-12)23-11-24-27)15-8-19(21,22)10-26(9-15)13(2)14-4-3-5-16(20)7-14/h3-7,11,15H,2,8-10H2,1H3. The van der Waals surface area contributed by atoms with Crippen molar-refractivity contribution in [1.29, 1.82) is 0 Å². The minimum absolute atomic E-state index is 0.307. The Morgan fingerprint density at radius 2 is 2.11 bits per heavy atom. The molecule has 3 heterocycles. The average Bonchev–Trinajstić information content (AvgIpc) is 3.07. The molecule has 1 saturated heterocycles. The molecule has 8 heteroatoms. The van der Waals surface area contributed by atoms with Crippen LogP contribution in [0.25, 0.3) is 11.5 Å². The van der Waals surface area contributed by atoms with E-state index in [1.807, 2.05) is 0 Å². The minimum Gasteiger partial charge on any atom is -0.365 e. The Labute approximate surface area is 154 Å². The summed E-state index contributed by atoms with van der Waals surface area (Å²) in [7, 11) is 0. The first-order valence-corrected chi connectivity index (χ1v) is 8.57. The van der Waals surface area contributed by atoms with Crippen LogP contribution >= 0.6 is 0 Å². The lowest BCUT2D eigenvalue weighted by atomic mass is 9.90. The van der Waals surface area contributed by atoms with E-state index >= 15 is 0 Å². The SMILES string of the molecule is C=C(c1cccc(F)c1)N1CC(c2cc(C)nc3ncnn23)CC(F)(F)C1. The molecule has 5 nitrogen and oxygen atoms in total. The fourth-order valence-corrected chi connectivity index (χ4v) is 3.60. The Morgan fingerprint density at radius 3 is 2.89 bits per heavy atom. The summed E-state index contributed by atoms with van der Waals surface area (Å²) < 4.78 is 44.1. The van der Waals surface area contributed by atoms with Crippen molar-refractivity contribution in [3.05, 3.63) is 66.0 Å². The van der Waals surface area contributed by atoms with Crippen LogP contribution in [0.5, 0.6) is 0 Å². The number of likely N-dealkylation sites (tertiary alicyclic amines) is 1. The van der Waals surface area contributed by atoms with Crippen molar-refractivity contribution in [3.63, 3.8) is 0 Å². The van der Waals surface area contributed by atoms with E-state index in [-0.39, 0.29) is 6.42 Å². The smallest absolute Gasteiger partial charge is 0.265 e. The van der Waals surface area contributed by atoms with E-state index in [2.05, 4.69) is 21.6 Å². The summed E-state index contributed by atoms with van der Waals surface area (Å²) in [6.07, 6.45) is 1.05. The molecule has 1 atom stereocenters. The van der Waals surface area contributed by atoms with E-state index < -0.39 is 24.2 Å². The molecule has 2 aromatic heterocycles. The molecule has 27 heavy (non-hydrogen) atoms. The van der Waals surface area contributed by atoms with Crippen LogP contribution in [0.2, 0.25) is 0 Å². The lowest BCUT2D eigenvalue weighted by Crippen LogP contribution is -2.45. The number of benzene rings is 1. The zero-order chi connectivity index (χ0) is 19.2. The highest BCUT2D eigenvalue weighted by Gasteiger charge is 2.42. The highest BCUT2D eigenvalue weighted by molar-refractivity contribution is 5.62. The average molecular weight is 373 g/mol. The number of nitrogens with zero attached hydrogens (tertiary/aromatic N) is 5. The van der Waals surface area contributed by atoms with Crippen molar-refractivity contribution in [3.8, 4) is 0 Å². The van der Waals surface area contributed by atoms with Crippen LogP contribution in [-0.2, 0) is 0 Å². The van der Waals surface area contributed by atoms with E-state index in [9.17, 15) is 13.2 Å². The molecule has 1 aliphatic rings.